The van der Waals surface area contributed by atoms with E-state index in [1.165, 1.54) is 12.1 Å². The van der Waals surface area contributed by atoms with E-state index in [4.69, 9.17) is 0 Å². The minimum Gasteiger partial charge on any atom is -0.349 e. The van der Waals surface area contributed by atoms with Crippen LogP contribution in [0.25, 0.3) is 0 Å². The lowest BCUT2D eigenvalue weighted by molar-refractivity contribution is 0.627. The smallest absolute Gasteiger partial charge is 0.243 e. The van der Waals surface area contributed by atoms with E-state index in [1.54, 1.807) is 22.9 Å². The first kappa shape index (κ1) is 11.3. The molecule has 0 saturated carbocycles. The van der Waals surface area contributed by atoms with Crippen molar-refractivity contribution in [3.8, 4) is 0 Å². The first-order chi connectivity index (χ1) is 8.29. The molecule has 6 heteroatoms. The standard InChI is InChI=1S/C11H12FN5/c1-2-7-17-11(14-15-16-17)13-8-9-3-5-10(12)6-4-9/h2-6H,1,7-8H2,(H,13,14,16). The van der Waals surface area contributed by atoms with Crippen LogP contribution >= 0.6 is 0 Å². The van der Waals surface area contributed by atoms with Crippen LogP contribution in [0.15, 0.2) is 36.9 Å². The third-order valence-corrected chi connectivity index (χ3v) is 2.20. The molecule has 1 aromatic carbocycles. The van der Waals surface area contributed by atoms with E-state index in [9.17, 15) is 4.39 Å². The van der Waals surface area contributed by atoms with Crippen LogP contribution in [-0.2, 0) is 13.1 Å². The van der Waals surface area contributed by atoms with Crippen molar-refractivity contribution in [3.63, 3.8) is 0 Å². The monoisotopic (exact) mass is 233 g/mol. The van der Waals surface area contributed by atoms with Crippen molar-refractivity contribution in [1.82, 2.24) is 20.2 Å². The fourth-order valence-electron chi connectivity index (χ4n) is 1.36. The van der Waals surface area contributed by atoms with Gasteiger partial charge in [0.25, 0.3) is 0 Å². The largest absolute Gasteiger partial charge is 0.349 e. The van der Waals surface area contributed by atoms with Gasteiger partial charge in [-0.15, -0.1) is 6.58 Å². The number of rotatable bonds is 5. The van der Waals surface area contributed by atoms with Gasteiger partial charge in [-0.05, 0) is 28.1 Å². The number of aromatic nitrogens is 4. The van der Waals surface area contributed by atoms with E-state index < -0.39 is 0 Å². The van der Waals surface area contributed by atoms with Crippen molar-refractivity contribution < 1.29 is 4.39 Å². The van der Waals surface area contributed by atoms with Crippen molar-refractivity contribution in [2.75, 3.05) is 5.32 Å². The maximum atomic E-state index is 12.7. The summed E-state index contributed by atoms with van der Waals surface area (Å²) in [4.78, 5) is 0. The molecule has 1 heterocycles. The SMILES string of the molecule is C=CCn1nnnc1NCc1ccc(F)cc1. The van der Waals surface area contributed by atoms with Gasteiger partial charge in [0, 0.05) is 6.54 Å². The van der Waals surface area contributed by atoms with Gasteiger partial charge >= 0.3 is 0 Å². The number of allylic oxidation sites excluding steroid dienone is 1. The normalized spacial score (nSPS) is 10.2. The minimum absolute atomic E-state index is 0.245. The Morgan fingerprint density at radius 2 is 2.12 bits per heavy atom. The lowest BCUT2D eigenvalue weighted by atomic mass is 10.2. The summed E-state index contributed by atoms with van der Waals surface area (Å²) >= 11 is 0. The van der Waals surface area contributed by atoms with Gasteiger partial charge in [0.05, 0.1) is 6.54 Å². The van der Waals surface area contributed by atoms with Crippen LogP contribution < -0.4 is 5.32 Å². The molecule has 0 saturated heterocycles. The predicted molar refractivity (Wildman–Crippen MR) is 61.7 cm³/mol. The van der Waals surface area contributed by atoms with Gasteiger partial charge in [-0.1, -0.05) is 23.3 Å². The van der Waals surface area contributed by atoms with Gasteiger partial charge in [0.15, 0.2) is 0 Å². The van der Waals surface area contributed by atoms with Gasteiger partial charge < -0.3 is 5.32 Å². The first-order valence-corrected chi connectivity index (χ1v) is 5.15. The Morgan fingerprint density at radius 3 is 2.82 bits per heavy atom. The number of benzene rings is 1. The highest BCUT2D eigenvalue weighted by Crippen LogP contribution is 2.06. The summed E-state index contributed by atoms with van der Waals surface area (Å²) in [6.45, 7) is 4.70. The summed E-state index contributed by atoms with van der Waals surface area (Å²) < 4.78 is 14.3. The predicted octanol–water partition coefficient (Wildman–Crippen LogP) is 1.61. The van der Waals surface area contributed by atoms with Gasteiger partial charge in [-0.2, -0.15) is 0 Å². The summed E-state index contributed by atoms with van der Waals surface area (Å²) in [7, 11) is 0. The zero-order valence-electron chi connectivity index (χ0n) is 9.17. The van der Waals surface area contributed by atoms with E-state index in [0.717, 1.165) is 5.56 Å². The second kappa shape index (κ2) is 5.20. The Hall–Kier alpha value is -2.24. The van der Waals surface area contributed by atoms with Gasteiger partial charge in [-0.25, -0.2) is 9.07 Å². The minimum atomic E-state index is -0.245. The Kier molecular flexibility index (Phi) is 3.44. The van der Waals surface area contributed by atoms with Crippen molar-refractivity contribution in [1.29, 1.82) is 0 Å². The molecule has 0 bridgehead atoms. The highest BCUT2D eigenvalue weighted by molar-refractivity contribution is 5.26. The second-order valence-electron chi connectivity index (χ2n) is 3.45. The first-order valence-electron chi connectivity index (χ1n) is 5.15. The fraction of sp³-hybridized carbons (Fsp3) is 0.182. The molecule has 1 N–H and O–H groups in total. The van der Waals surface area contributed by atoms with E-state index in [1.807, 2.05) is 0 Å². The zero-order valence-corrected chi connectivity index (χ0v) is 9.17. The number of hydrogen-bond donors (Lipinski definition) is 1. The molecule has 0 unspecified atom stereocenters. The van der Waals surface area contributed by atoms with E-state index in [2.05, 4.69) is 27.4 Å². The molecule has 0 aliphatic carbocycles. The molecule has 2 rings (SSSR count). The third kappa shape index (κ3) is 2.87. The van der Waals surface area contributed by atoms with Crippen LogP contribution in [0.4, 0.5) is 10.3 Å². The van der Waals surface area contributed by atoms with Gasteiger partial charge in [-0.3, -0.25) is 0 Å². The molecule has 0 atom stereocenters. The quantitative estimate of drug-likeness (QED) is 0.797. The average Bonchev–Trinajstić information content (AvgIpc) is 2.77. The van der Waals surface area contributed by atoms with Gasteiger partial charge in [0.2, 0.25) is 5.95 Å². The maximum Gasteiger partial charge on any atom is 0.243 e. The maximum absolute atomic E-state index is 12.7. The highest BCUT2D eigenvalue weighted by Gasteiger charge is 2.03. The molecule has 88 valence electrons. The van der Waals surface area contributed by atoms with E-state index >= 15 is 0 Å². The molecule has 0 spiro atoms. The lowest BCUT2D eigenvalue weighted by Crippen LogP contribution is -2.08. The summed E-state index contributed by atoms with van der Waals surface area (Å²) in [6, 6.07) is 6.27. The molecule has 17 heavy (non-hydrogen) atoms. The third-order valence-electron chi connectivity index (χ3n) is 2.20. The zero-order chi connectivity index (χ0) is 12.1. The average molecular weight is 233 g/mol. The summed E-state index contributed by atoms with van der Waals surface area (Å²) in [6.07, 6.45) is 1.71. The van der Waals surface area contributed by atoms with Crippen LogP contribution in [-0.4, -0.2) is 20.2 Å². The lowest BCUT2D eigenvalue weighted by Gasteiger charge is -2.05. The second-order valence-corrected chi connectivity index (χ2v) is 3.45. The van der Waals surface area contributed by atoms with Crippen molar-refractivity contribution in [2.45, 2.75) is 13.1 Å². The molecule has 0 fully saturated rings. The molecule has 5 nitrogen and oxygen atoms in total. The Balaban J connectivity index is 1.99. The van der Waals surface area contributed by atoms with E-state index in [0.29, 0.717) is 19.0 Å². The van der Waals surface area contributed by atoms with E-state index in [-0.39, 0.29) is 5.82 Å². The molecule has 0 aliphatic rings. The number of nitrogens with one attached hydrogen (secondary N) is 1. The van der Waals surface area contributed by atoms with Crippen molar-refractivity contribution in [3.05, 3.63) is 48.3 Å². The highest BCUT2D eigenvalue weighted by atomic mass is 19.1. The van der Waals surface area contributed by atoms with Crippen LogP contribution in [0.5, 0.6) is 0 Å². The molecular formula is C11H12FN5. The topological polar surface area (TPSA) is 55.6 Å². The van der Waals surface area contributed by atoms with Crippen molar-refractivity contribution in [2.24, 2.45) is 0 Å². The van der Waals surface area contributed by atoms with Crippen LogP contribution in [0.3, 0.4) is 0 Å². The van der Waals surface area contributed by atoms with Crippen LogP contribution in [0, 0.1) is 5.82 Å². The number of tetrazole rings is 1. The van der Waals surface area contributed by atoms with Gasteiger partial charge in [0.1, 0.15) is 5.82 Å². The molecular weight excluding hydrogens is 221 g/mol. The number of hydrogen-bond acceptors (Lipinski definition) is 4. The summed E-state index contributed by atoms with van der Waals surface area (Å²) in [5.41, 5.74) is 0.958. The van der Waals surface area contributed by atoms with Crippen molar-refractivity contribution >= 4 is 5.95 Å². The van der Waals surface area contributed by atoms with Crippen LogP contribution in [0.2, 0.25) is 0 Å². The fourth-order valence-corrected chi connectivity index (χ4v) is 1.36. The molecule has 0 aliphatic heterocycles. The number of halogens is 1. The Bertz CT molecular complexity index is 491. The molecule has 0 radical (unpaired) electrons. The number of anilines is 1. The number of nitrogens with zero attached hydrogens (tertiary/aromatic N) is 4. The Labute approximate surface area is 98.0 Å². The Morgan fingerprint density at radius 1 is 1.35 bits per heavy atom. The summed E-state index contributed by atoms with van der Waals surface area (Å²) in [5.74, 6) is 0.319. The molecule has 0 amide bonds. The van der Waals surface area contributed by atoms with Crippen LogP contribution in [0.1, 0.15) is 5.56 Å². The molecule has 2 aromatic rings. The molecule has 1 aromatic heterocycles. The summed E-state index contributed by atoms with van der Waals surface area (Å²) in [5, 5.41) is 14.3.